The minimum atomic E-state index is -3.81. The molecule has 1 atom stereocenters. The van der Waals surface area contributed by atoms with Gasteiger partial charge in [0.05, 0.1) is 17.5 Å². The van der Waals surface area contributed by atoms with E-state index in [0.717, 1.165) is 15.6 Å². The minimum absolute atomic E-state index is 0.177. The third-order valence-electron chi connectivity index (χ3n) is 4.92. The number of amides is 1. The van der Waals surface area contributed by atoms with E-state index in [4.69, 9.17) is 0 Å². The number of sulfonamides is 1. The van der Waals surface area contributed by atoms with Crippen molar-refractivity contribution in [3.63, 3.8) is 0 Å². The van der Waals surface area contributed by atoms with Crippen LogP contribution in [0.3, 0.4) is 0 Å². The van der Waals surface area contributed by atoms with Crippen molar-refractivity contribution in [3.8, 4) is 0 Å². The summed E-state index contributed by atoms with van der Waals surface area (Å²) in [6, 6.07) is 25.3. The predicted molar refractivity (Wildman–Crippen MR) is 126 cm³/mol. The van der Waals surface area contributed by atoms with Gasteiger partial charge < -0.3 is 5.32 Å². The molecule has 31 heavy (non-hydrogen) atoms. The molecule has 3 aromatic carbocycles. The van der Waals surface area contributed by atoms with Crippen LogP contribution in [0.1, 0.15) is 24.1 Å². The average molecular weight is 501 g/mol. The minimum Gasteiger partial charge on any atom is -0.348 e. The fourth-order valence-electron chi connectivity index (χ4n) is 3.23. The third kappa shape index (κ3) is 6.50. The van der Waals surface area contributed by atoms with Gasteiger partial charge in [-0.25, -0.2) is 8.42 Å². The van der Waals surface area contributed by atoms with E-state index in [1.807, 2.05) is 61.5 Å². The molecule has 0 fully saturated rings. The number of hydrogen-bond donors (Lipinski definition) is 1. The maximum atomic E-state index is 13.2. The van der Waals surface area contributed by atoms with Crippen LogP contribution in [0.5, 0.6) is 0 Å². The zero-order valence-electron chi connectivity index (χ0n) is 17.2. The highest BCUT2D eigenvalue weighted by Crippen LogP contribution is 2.19. The lowest BCUT2D eigenvalue weighted by molar-refractivity contribution is -0.121. The number of benzene rings is 3. The van der Waals surface area contributed by atoms with Gasteiger partial charge in [-0.3, -0.25) is 4.79 Å². The second-order valence-corrected chi connectivity index (χ2v) is 10.1. The molecule has 0 saturated heterocycles. The lowest BCUT2D eigenvalue weighted by Crippen LogP contribution is -2.42. The molecule has 7 heteroatoms. The van der Waals surface area contributed by atoms with Crippen molar-refractivity contribution in [1.29, 1.82) is 0 Å². The highest BCUT2D eigenvalue weighted by molar-refractivity contribution is 9.10. The topological polar surface area (TPSA) is 66.5 Å². The van der Waals surface area contributed by atoms with Crippen molar-refractivity contribution in [2.75, 3.05) is 13.1 Å². The van der Waals surface area contributed by atoms with Gasteiger partial charge in [0.15, 0.2) is 0 Å². The summed E-state index contributed by atoms with van der Waals surface area (Å²) >= 11 is 3.43. The van der Waals surface area contributed by atoms with Gasteiger partial charge >= 0.3 is 0 Å². The Hall–Kier alpha value is -2.48. The molecule has 3 aromatic rings. The summed E-state index contributed by atoms with van der Waals surface area (Å²) in [5.41, 5.74) is 1.95. The van der Waals surface area contributed by atoms with Crippen LogP contribution in [0, 0.1) is 0 Å². The Morgan fingerprint density at radius 2 is 1.61 bits per heavy atom. The first kappa shape index (κ1) is 23.2. The first-order valence-electron chi connectivity index (χ1n) is 10.0. The Morgan fingerprint density at radius 3 is 2.26 bits per heavy atom. The van der Waals surface area contributed by atoms with E-state index in [-0.39, 0.29) is 29.9 Å². The van der Waals surface area contributed by atoms with E-state index < -0.39 is 10.0 Å². The van der Waals surface area contributed by atoms with E-state index in [1.54, 1.807) is 30.3 Å². The molecule has 0 unspecified atom stereocenters. The van der Waals surface area contributed by atoms with Gasteiger partial charge in [0.1, 0.15) is 0 Å². The van der Waals surface area contributed by atoms with Crippen LogP contribution < -0.4 is 5.32 Å². The van der Waals surface area contributed by atoms with Crippen molar-refractivity contribution < 1.29 is 13.2 Å². The number of nitrogens with one attached hydrogen (secondary N) is 1. The van der Waals surface area contributed by atoms with Crippen LogP contribution >= 0.6 is 15.9 Å². The summed E-state index contributed by atoms with van der Waals surface area (Å²) in [6.45, 7) is 1.84. The van der Waals surface area contributed by atoms with E-state index in [9.17, 15) is 13.2 Å². The molecule has 0 aromatic heterocycles. The van der Waals surface area contributed by atoms with E-state index in [2.05, 4.69) is 21.2 Å². The van der Waals surface area contributed by atoms with Gasteiger partial charge in [-0.15, -0.1) is 0 Å². The number of hydrogen-bond acceptors (Lipinski definition) is 3. The molecular formula is C24H25BrN2O3S. The number of carbonyl (C=O) groups is 1. The average Bonchev–Trinajstić information content (AvgIpc) is 2.77. The second kappa shape index (κ2) is 10.7. The molecule has 0 bridgehead atoms. The smallest absolute Gasteiger partial charge is 0.243 e. The molecule has 0 saturated carbocycles. The third-order valence-corrected chi connectivity index (χ3v) is 7.27. The van der Waals surface area contributed by atoms with Gasteiger partial charge in [0.2, 0.25) is 15.9 Å². The first-order valence-corrected chi connectivity index (χ1v) is 12.2. The monoisotopic (exact) mass is 500 g/mol. The molecule has 0 spiro atoms. The zero-order chi connectivity index (χ0) is 22.3. The number of nitrogens with zero attached hydrogens (tertiary/aromatic N) is 1. The molecule has 0 aliphatic carbocycles. The summed E-state index contributed by atoms with van der Waals surface area (Å²) in [6.07, 6.45) is 0.515. The molecule has 3 rings (SSSR count). The molecule has 0 aliphatic rings. The molecule has 0 radical (unpaired) electrons. The zero-order valence-corrected chi connectivity index (χ0v) is 19.6. The second-order valence-electron chi connectivity index (χ2n) is 7.23. The lowest BCUT2D eigenvalue weighted by atomic mass is 10.1. The normalized spacial score (nSPS) is 12.5. The summed E-state index contributed by atoms with van der Waals surface area (Å²) in [5.74, 6) is -0.347. The summed E-state index contributed by atoms with van der Waals surface area (Å²) in [7, 11) is -3.81. The summed E-state index contributed by atoms with van der Waals surface area (Å²) < 4.78 is 28.6. The van der Waals surface area contributed by atoms with Crippen LogP contribution in [0.4, 0.5) is 0 Å². The van der Waals surface area contributed by atoms with Crippen LogP contribution in [-0.4, -0.2) is 31.7 Å². The van der Waals surface area contributed by atoms with Gasteiger partial charge in [-0.1, -0.05) is 76.6 Å². The van der Waals surface area contributed by atoms with Gasteiger partial charge in [-0.05, 0) is 48.7 Å². The Bertz CT molecular complexity index is 1110. The molecule has 0 heterocycles. The van der Waals surface area contributed by atoms with E-state index in [0.29, 0.717) is 6.42 Å². The molecule has 5 nitrogen and oxygen atoms in total. The van der Waals surface area contributed by atoms with Crippen LogP contribution in [-0.2, 0) is 21.2 Å². The Balaban J connectivity index is 1.76. The maximum absolute atomic E-state index is 13.2. The fraction of sp³-hybridized carbons (Fsp3) is 0.208. The van der Waals surface area contributed by atoms with Crippen molar-refractivity contribution in [2.45, 2.75) is 24.3 Å². The SMILES string of the molecule is C[C@@H](NC(=O)CN(CCc1ccccc1)S(=O)(=O)c1ccccc1)c1cccc(Br)c1. The van der Waals surface area contributed by atoms with Crippen LogP contribution in [0.15, 0.2) is 94.3 Å². The van der Waals surface area contributed by atoms with Crippen LogP contribution in [0.2, 0.25) is 0 Å². The highest BCUT2D eigenvalue weighted by atomic mass is 79.9. The Kier molecular flexibility index (Phi) is 8.01. The standard InChI is InChI=1S/C24H25BrN2O3S/c1-19(21-11-8-12-22(25)17-21)26-24(28)18-27(16-15-20-9-4-2-5-10-20)31(29,30)23-13-6-3-7-14-23/h2-14,17,19H,15-16,18H2,1H3,(H,26,28)/t19-/m1/s1. The van der Waals surface area contributed by atoms with Gasteiger partial charge in [-0.2, -0.15) is 4.31 Å². The summed E-state index contributed by atoms with van der Waals surface area (Å²) in [5, 5.41) is 2.91. The number of rotatable bonds is 9. The van der Waals surface area contributed by atoms with Crippen molar-refractivity contribution in [3.05, 3.63) is 101 Å². The lowest BCUT2D eigenvalue weighted by Gasteiger charge is -2.23. The Labute approximate surface area is 192 Å². The van der Waals surface area contributed by atoms with E-state index in [1.165, 1.54) is 4.31 Å². The maximum Gasteiger partial charge on any atom is 0.243 e. The van der Waals surface area contributed by atoms with Crippen molar-refractivity contribution in [1.82, 2.24) is 9.62 Å². The molecule has 0 aliphatic heterocycles. The van der Waals surface area contributed by atoms with Gasteiger partial charge in [0, 0.05) is 11.0 Å². The molecule has 162 valence electrons. The predicted octanol–water partition coefficient (Wildman–Crippen LogP) is 4.56. The molecular weight excluding hydrogens is 476 g/mol. The quantitative estimate of drug-likeness (QED) is 0.468. The van der Waals surface area contributed by atoms with E-state index >= 15 is 0 Å². The number of halogens is 1. The Morgan fingerprint density at radius 1 is 0.968 bits per heavy atom. The molecule has 1 amide bonds. The van der Waals surface area contributed by atoms with Crippen LogP contribution in [0.25, 0.3) is 0 Å². The number of carbonyl (C=O) groups excluding carboxylic acids is 1. The first-order chi connectivity index (χ1) is 14.9. The highest BCUT2D eigenvalue weighted by Gasteiger charge is 2.26. The largest absolute Gasteiger partial charge is 0.348 e. The summed E-state index contributed by atoms with van der Waals surface area (Å²) in [4.78, 5) is 13.0. The van der Waals surface area contributed by atoms with Crippen molar-refractivity contribution >= 4 is 31.9 Å². The van der Waals surface area contributed by atoms with Crippen molar-refractivity contribution in [2.24, 2.45) is 0 Å². The molecule has 1 N–H and O–H groups in total. The van der Waals surface area contributed by atoms with Gasteiger partial charge in [0.25, 0.3) is 0 Å². The fourth-order valence-corrected chi connectivity index (χ4v) is 5.07.